The van der Waals surface area contributed by atoms with Crippen LogP contribution in [0.4, 0.5) is 0 Å². The Balaban J connectivity index is 1.45. The lowest BCUT2D eigenvalue weighted by Gasteiger charge is -2.09. The molecule has 162 valence electrons. The molecule has 1 amide bonds. The summed E-state index contributed by atoms with van der Waals surface area (Å²) in [6.45, 7) is 1.95. The average Bonchev–Trinajstić information content (AvgIpc) is 2.77. The van der Waals surface area contributed by atoms with Gasteiger partial charge in [0.15, 0.2) is 6.61 Å². The van der Waals surface area contributed by atoms with Crippen molar-refractivity contribution in [3.05, 3.63) is 53.7 Å². The molecule has 1 N–H and O–H groups in total. The van der Waals surface area contributed by atoms with Crippen molar-refractivity contribution in [2.45, 2.75) is 19.8 Å². The van der Waals surface area contributed by atoms with Crippen LogP contribution in [0, 0.1) is 0 Å². The number of fused-ring (bicyclic) bond motifs is 1. The van der Waals surface area contributed by atoms with Crippen LogP contribution < -0.4 is 14.8 Å². The molecule has 0 bridgehead atoms. The van der Waals surface area contributed by atoms with Gasteiger partial charge in [0, 0.05) is 5.02 Å². The van der Waals surface area contributed by atoms with E-state index in [-0.39, 0.29) is 13.2 Å². The maximum absolute atomic E-state index is 11.8. The SMILES string of the molecule is CCCCOC(=O)CNC(=O)COc1ccc(Oc2cnc3cc(Cl)ccc3n2)cc1. The van der Waals surface area contributed by atoms with E-state index in [4.69, 9.17) is 25.8 Å². The highest BCUT2D eigenvalue weighted by atomic mass is 35.5. The van der Waals surface area contributed by atoms with Gasteiger partial charge in [-0.3, -0.25) is 9.59 Å². The zero-order valence-electron chi connectivity index (χ0n) is 17.0. The Morgan fingerprint density at radius 1 is 1.06 bits per heavy atom. The van der Waals surface area contributed by atoms with Crippen molar-refractivity contribution in [1.29, 1.82) is 0 Å². The normalized spacial score (nSPS) is 10.5. The number of halogens is 1. The van der Waals surface area contributed by atoms with E-state index < -0.39 is 11.9 Å². The van der Waals surface area contributed by atoms with Crippen LogP contribution in [0.25, 0.3) is 11.0 Å². The molecule has 0 aliphatic rings. The number of benzene rings is 2. The molecule has 0 aliphatic carbocycles. The number of amides is 1. The van der Waals surface area contributed by atoms with Gasteiger partial charge < -0.3 is 19.5 Å². The van der Waals surface area contributed by atoms with Crippen molar-refractivity contribution < 1.29 is 23.8 Å². The molecule has 0 radical (unpaired) electrons. The van der Waals surface area contributed by atoms with Gasteiger partial charge in [0.2, 0.25) is 5.88 Å². The van der Waals surface area contributed by atoms with Gasteiger partial charge in [0.25, 0.3) is 5.91 Å². The van der Waals surface area contributed by atoms with Gasteiger partial charge >= 0.3 is 5.97 Å². The molecule has 0 aliphatic heterocycles. The predicted molar refractivity (Wildman–Crippen MR) is 115 cm³/mol. The molecule has 8 nitrogen and oxygen atoms in total. The summed E-state index contributed by atoms with van der Waals surface area (Å²) in [7, 11) is 0. The van der Waals surface area contributed by atoms with Gasteiger partial charge in [-0.15, -0.1) is 0 Å². The second-order valence-corrected chi connectivity index (χ2v) is 6.99. The number of carbonyl (C=O) groups is 2. The number of ether oxygens (including phenoxy) is 3. The van der Waals surface area contributed by atoms with Crippen LogP contribution >= 0.6 is 11.6 Å². The first kappa shape index (κ1) is 22.3. The highest BCUT2D eigenvalue weighted by Gasteiger charge is 2.08. The lowest BCUT2D eigenvalue weighted by Crippen LogP contribution is -2.34. The van der Waals surface area contributed by atoms with E-state index >= 15 is 0 Å². The largest absolute Gasteiger partial charge is 0.484 e. The van der Waals surface area contributed by atoms with E-state index in [0.29, 0.717) is 40.0 Å². The Labute approximate surface area is 184 Å². The number of hydrogen-bond donors (Lipinski definition) is 1. The maximum atomic E-state index is 11.8. The molecular formula is C22H22ClN3O5. The summed E-state index contributed by atoms with van der Waals surface area (Å²) in [6, 6.07) is 11.9. The lowest BCUT2D eigenvalue weighted by molar-refractivity contribution is -0.144. The maximum Gasteiger partial charge on any atom is 0.325 e. The van der Waals surface area contributed by atoms with Gasteiger partial charge in [-0.1, -0.05) is 24.9 Å². The fraction of sp³-hybridized carbons (Fsp3) is 0.273. The van der Waals surface area contributed by atoms with Crippen LogP contribution in [0.5, 0.6) is 17.4 Å². The van der Waals surface area contributed by atoms with Crippen molar-refractivity contribution in [2.24, 2.45) is 0 Å². The molecule has 9 heteroatoms. The number of rotatable bonds is 10. The minimum absolute atomic E-state index is 0.183. The number of hydrogen-bond acceptors (Lipinski definition) is 7. The molecule has 0 spiro atoms. The van der Waals surface area contributed by atoms with E-state index in [2.05, 4.69) is 15.3 Å². The lowest BCUT2D eigenvalue weighted by atomic mass is 10.3. The number of unbranched alkanes of at least 4 members (excludes halogenated alkanes) is 1. The van der Waals surface area contributed by atoms with Crippen molar-refractivity contribution in [3.8, 4) is 17.4 Å². The van der Waals surface area contributed by atoms with E-state index in [1.165, 1.54) is 6.20 Å². The van der Waals surface area contributed by atoms with Crippen LogP contribution in [0.1, 0.15) is 19.8 Å². The van der Waals surface area contributed by atoms with E-state index in [0.717, 1.165) is 12.8 Å². The van der Waals surface area contributed by atoms with Crippen molar-refractivity contribution in [3.63, 3.8) is 0 Å². The van der Waals surface area contributed by atoms with E-state index in [1.54, 1.807) is 42.5 Å². The van der Waals surface area contributed by atoms with Crippen LogP contribution in [-0.4, -0.2) is 41.6 Å². The van der Waals surface area contributed by atoms with Gasteiger partial charge in [0.1, 0.15) is 18.0 Å². The van der Waals surface area contributed by atoms with Crippen LogP contribution in [0.3, 0.4) is 0 Å². The third-order valence-corrected chi connectivity index (χ3v) is 4.32. The van der Waals surface area contributed by atoms with Crippen molar-refractivity contribution in [1.82, 2.24) is 15.3 Å². The fourth-order valence-corrected chi connectivity index (χ4v) is 2.66. The van der Waals surface area contributed by atoms with E-state index in [1.807, 2.05) is 6.92 Å². The molecule has 0 saturated heterocycles. The Bertz CT molecular complexity index is 1040. The highest BCUT2D eigenvalue weighted by Crippen LogP contribution is 2.24. The molecule has 0 unspecified atom stereocenters. The van der Waals surface area contributed by atoms with E-state index in [9.17, 15) is 9.59 Å². The molecule has 2 aromatic carbocycles. The number of nitrogens with one attached hydrogen (secondary N) is 1. The average molecular weight is 444 g/mol. The molecule has 3 rings (SSSR count). The zero-order valence-corrected chi connectivity index (χ0v) is 17.7. The Morgan fingerprint density at radius 2 is 1.84 bits per heavy atom. The molecule has 31 heavy (non-hydrogen) atoms. The Hall–Kier alpha value is -3.39. The molecule has 3 aromatic rings. The zero-order chi connectivity index (χ0) is 22.1. The molecule has 0 fully saturated rings. The summed E-state index contributed by atoms with van der Waals surface area (Å²) in [6.07, 6.45) is 3.24. The third kappa shape index (κ3) is 7.11. The monoisotopic (exact) mass is 443 g/mol. The summed E-state index contributed by atoms with van der Waals surface area (Å²) >= 11 is 5.95. The van der Waals surface area contributed by atoms with Gasteiger partial charge in [0.05, 0.1) is 23.8 Å². The summed E-state index contributed by atoms with van der Waals surface area (Å²) < 4.78 is 16.1. The molecular weight excluding hydrogens is 422 g/mol. The number of esters is 1. The first-order valence-electron chi connectivity index (χ1n) is 9.79. The first-order chi connectivity index (χ1) is 15.0. The van der Waals surface area contributed by atoms with Crippen LogP contribution in [0.2, 0.25) is 5.02 Å². The summed E-state index contributed by atoms with van der Waals surface area (Å²) in [5, 5.41) is 3.04. The molecule has 0 saturated carbocycles. The minimum Gasteiger partial charge on any atom is -0.484 e. The summed E-state index contributed by atoms with van der Waals surface area (Å²) in [5.74, 6) is 0.470. The molecule has 0 atom stereocenters. The predicted octanol–water partition coefficient (Wildman–Crippen LogP) is 3.91. The number of nitrogens with zero attached hydrogens (tertiary/aromatic N) is 2. The second kappa shape index (κ2) is 11.1. The van der Waals surface area contributed by atoms with Gasteiger partial charge in [-0.2, -0.15) is 0 Å². The van der Waals surface area contributed by atoms with Crippen molar-refractivity contribution >= 4 is 34.5 Å². The topological polar surface area (TPSA) is 99.6 Å². The standard InChI is InChI=1S/C22H22ClN3O5/c1-2-3-10-29-22(28)13-25-20(27)14-30-16-5-7-17(8-6-16)31-21-12-24-19-11-15(23)4-9-18(19)26-21/h4-9,11-12H,2-3,10,13-14H2,1H3,(H,25,27). The highest BCUT2D eigenvalue weighted by molar-refractivity contribution is 6.31. The Morgan fingerprint density at radius 3 is 2.61 bits per heavy atom. The number of carbonyl (C=O) groups excluding carboxylic acids is 2. The third-order valence-electron chi connectivity index (χ3n) is 4.09. The smallest absolute Gasteiger partial charge is 0.325 e. The molecule has 1 aromatic heterocycles. The quantitative estimate of drug-likeness (QED) is 0.374. The fourth-order valence-electron chi connectivity index (χ4n) is 2.49. The number of aromatic nitrogens is 2. The minimum atomic E-state index is -0.469. The van der Waals surface area contributed by atoms with Crippen LogP contribution in [-0.2, 0) is 14.3 Å². The van der Waals surface area contributed by atoms with Gasteiger partial charge in [-0.25, -0.2) is 9.97 Å². The van der Waals surface area contributed by atoms with Crippen molar-refractivity contribution in [2.75, 3.05) is 19.8 Å². The van der Waals surface area contributed by atoms with Gasteiger partial charge in [-0.05, 0) is 48.9 Å². The summed E-state index contributed by atoms with van der Waals surface area (Å²) in [4.78, 5) is 31.9. The second-order valence-electron chi connectivity index (χ2n) is 6.55. The Kier molecular flexibility index (Phi) is 8.00. The van der Waals surface area contributed by atoms with Crippen LogP contribution in [0.15, 0.2) is 48.7 Å². The first-order valence-corrected chi connectivity index (χ1v) is 10.2. The summed E-state index contributed by atoms with van der Waals surface area (Å²) in [5.41, 5.74) is 1.35. The molecule has 1 heterocycles.